The number of allylic oxidation sites excluding steroid dienone is 1. The smallest absolute Gasteiger partial charge is 0.335 e. The van der Waals surface area contributed by atoms with Crippen molar-refractivity contribution < 1.29 is 32.6 Å². The van der Waals surface area contributed by atoms with Gasteiger partial charge in [0.1, 0.15) is 18.2 Å². The number of ketones is 1. The Labute approximate surface area is 181 Å². The molecule has 3 aromatic carbocycles. The molecule has 0 heterocycles. The summed E-state index contributed by atoms with van der Waals surface area (Å²) in [5, 5.41) is 8.99. The Hall–Kier alpha value is -3.87. The first-order valence-corrected chi connectivity index (χ1v) is 9.80. The van der Waals surface area contributed by atoms with Gasteiger partial charge >= 0.3 is 5.97 Å². The number of aromatic carboxylic acids is 1. The van der Waals surface area contributed by atoms with Gasteiger partial charge in [-0.2, -0.15) is 0 Å². The number of rotatable bonds is 5. The normalized spacial score (nSPS) is 14.3. The van der Waals surface area contributed by atoms with Crippen molar-refractivity contribution in [1.82, 2.24) is 0 Å². The maximum atomic E-state index is 13.9. The van der Waals surface area contributed by atoms with Crippen LogP contribution in [-0.4, -0.2) is 16.9 Å². The lowest BCUT2D eigenvalue weighted by Gasteiger charge is -2.21. The lowest BCUT2D eigenvalue weighted by atomic mass is 9.85. The van der Waals surface area contributed by atoms with Gasteiger partial charge in [-0.05, 0) is 48.7 Å². The highest BCUT2D eigenvalue weighted by Gasteiger charge is 2.25. The largest absolute Gasteiger partial charge is 0.488 e. The van der Waals surface area contributed by atoms with Gasteiger partial charge in [-0.25, -0.2) is 18.0 Å². The predicted octanol–water partition coefficient (Wildman–Crippen LogP) is 5.59. The lowest BCUT2D eigenvalue weighted by Crippen LogP contribution is -2.15. The van der Waals surface area contributed by atoms with Crippen LogP contribution < -0.4 is 4.74 Å². The van der Waals surface area contributed by atoms with Gasteiger partial charge in [-0.1, -0.05) is 24.3 Å². The number of Topliss-reactive ketones (excluding diaryl/α,β-unsaturated/α-hetero) is 1. The highest BCUT2D eigenvalue weighted by molar-refractivity contribution is 6.13. The van der Waals surface area contributed by atoms with Crippen molar-refractivity contribution in [2.75, 3.05) is 0 Å². The highest BCUT2D eigenvalue weighted by Crippen LogP contribution is 2.33. The summed E-state index contributed by atoms with van der Waals surface area (Å²) in [5.41, 5.74) is 2.43. The van der Waals surface area contributed by atoms with Crippen LogP contribution in [0.2, 0.25) is 0 Å². The third-order valence-corrected chi connectivity index (χ3v) is 5.28. The molecular weight excluding hydrogens is 421 g/mol. The highest BCUT2D eigenvalue weighted by atomic mass is 19.2. The number of hydrogen-bond donors (Lipinski definition) is 1. The Morgan fingerprint density at radius 1 is 0.969 bits per heavy atom. The van der Waals surface area contributed by atoms with Crippen molar-refractivity contribution >= 4 is 17.8 Å². The van der Waals surface area contributed by atoms with Crippen molar-refractivity contribution in [3.63, 3.8) is 0 Å². The van der Waals surface area contributed by atoms with Crippen LogP contribution >= 0.6 is 0 Å². The zero-order valence-corrected chi connectivity index (χ0v) is 16.7. The van der Waals surface area contributed by atoms with Crippen LogP contribution in [0.15, 0.2) is 60.2 Å². The number of halogens is 3. The Morgan fingerprint density at radius 3 is 2.41 bits per heavy atom. The van der Waals surface area contributed by atoms with Gasteiger partial charge in [-0.3, -0.25) is 4.79 Å². The molecule has 0 unspecified atom stereocenters. The van der Waals surface area contributed by atoms with Crippen LogP contribution in [0.1, 0.15) is 43.8 Å². The molecule has 0 radical (unpaired) electrons. The lowest BCUT2D eigenvalue weighted by molar-refractivity contribution is 0.0696. The van der Waals surface area contributed by atoms with Crippen LogP contribution in [0.25, 0.3) is 6.08 Å². The molecule has 0 spiro atoms. The summed E-state index contributed by atoms with van der Waals surface area (Å²) in [6.07, 6.45) is 2.66. The summed E-state index contributed by atoms with van der Waals surface area (Å²) in [7, 11) is 0. The third-order valence-electron chi connectivity index (χ3n) is 5.28. The molecule has 0 aromatic heterocycles. The van der Waals surface area contributed by atoms with E-state index in [1.807, 2.05) is 0 Å². The Kier molecular flexibility index (Phi) is 5.81. The van der Waals surface area contributed by atoms with Crippen molar-refractivity contribution in [3.8, 4) is 5.75 Å². The number of carbonyl (C=O) groups is 2. The molecule has 3 aromatic rings. The third kappa shape index (κ3) is 4.27. The number of carboxylic acids is 1. The summed E-state index contributed by atoms with van der Waals surface area (Å²) in [4.78, 5) is 24.0. The molecule has 1 aliphatic rings. The van der Waals surface area contributed by atoms with Gasteiger partial charge in [0, 0.05) is 28.3 Å². The van der Waals surface area contributed by atoms with Gasteiger partial charge in [0.25, 0.3) is 0 Å². The van der Waals surface area contributed by atoms with E-state index in [2.05, 4.69) is 0 Å². The first kappa shape index (κ1) is 21.4. The van der Waals surface area contributed by atoms with E-state index in [1.54, 1.807) is 36.4 Å². The molecule has 0 saturated heterocycles. The molecule has 0 saturated carbocycles. The quantitative estimate of drug-likeness (QED) is 0.417. The monoisotopic (exact) mass is 438 g/mol. The second kappa shape index (κ2) is 8.70. The fourth-order valence-electron chi connectivity index (χ4n) is 3.61. The van der Waals surface area contributed by atoms with Crippen molar-refractivity contribution in [3.05, 3.63) is 105 Å². The molecule has 0 atom stereocenters. The fraction of sp³-hybridized carbons (Fsp3) is 0.120. The topological polar surface area (TPSA) is 63.6 Å². The zero-order valence-electron chi connectivity index (χ0n) is 16.7. The fourth-order valence-corrected chi connectivity index (χ4v) is 3.61. The average molecular weight is 438 g/mol. The number of benzene rings is 3. The minimum Gasteiger partial charge on any atom is -0.488 e. The predicted molar refractivity (Wildman–Crippen MR) is 111 cm³/mol. The molecular formula is C25H17F3O4. The van der Waals surface area contributed by atoms with Crippen LogP contribution in [-0.2, 0) is 13.0 Å². The first-order valence-electron chi connectivity index (χ1n) is 9.80. The van der Waals surface area contributed by atoms with Gasteiger partial charge in [-0.15, -0.1) is 0 Å². The molecule has 1 aliphatic carbocycles. The van der Waals surface area contributed by atoms with Crippen LogP contribution in [0.5, 0.6) is 5.75 Å². The standard InChI is InChI=1S/C25H17F3O4/c26-20-12-22(28)21(27)11-17(20)13-32-23-3-1-2-19-18(23)9-8-16(24(19)29)10-14-4-6-15(7-5-14)25(30)31/h1-7,10-12H,8-9,13H2,(H,30,31)/b16-10+. The molecule has 7 heteroatoms. The van der Waals surface area contributed by atoms with E-state index in [9.17, 15) is 22.8 Å². The van der Waals surface area contributed by atoms with Crippen molar-refractivity contribution in [1.29, 1.82) is 0 Å². The molecule has 4 rings (SSSR count). The Bertz CT molecular complexity index is 1250. The maximum absolute atomic E-state index is 13.9. The van der Waals surface area contributed by atoms with E-state index in [0.717, 1.165) is 6.07 Å². The first-order chi connectivity index (χ1) is 15.3. The summed E-state index contributed by atoms with van der Waals surface area (Å²) in [6.45, 7) is -0.313. The van der Waals surface area contributed by atoms with Crippen LogP contribution in [0.3, 0.4) is 0 Å². The van der Waals surface area contributed by atoms with E-state index >= 15 is 0 Å². The van der Waals surface area contributed by atoms with E-state index < -0.39 is 23.4 Å². The number of hydrogen-bond acceptors (Lipinski definition) is 3. The van der Waals surface area contributed by atoms with Gasteiger partial charge in [0.2, 0.25) is 0 Å². The van der Waals surface area contributed by atoms with Gasteiger partial charge in [0.05, 0.1) is 5.56 Å². The minimum atomic E-state index is -1.27. The van der Waals surface area contributed by atoms with Gasteiger partial charge in [0.15, 0.2) is 17.4 Å². The molecule has 0 aliphatic heterocycles. The van der Waals surface area contributed by atoms with E-state index in [1.165, 1.54) is 12.1 Å². The number of carboxylic acid groups (broad SMARTS) is 1. The number of carbonyl (C=O) groups excluding carboxylic acids is 1. The summed E-state index contributed by atoms with van der Waals surface area (Å²) < 4.78 is 46.1. The summed E-state index contributed by atoms with van der Waals surface area (Å²) >= 11 is 0. The average Bonchev–Trinajstić information content (AvgIpc) is 2.77. The van der Waals surface area contributed by atoms with Crippen LogP contribution in [0, 0.1) is 17.5 Å². The summed E-state index contributed by atoms with van der Waals surface area (Å²) in [6, 6.07) is 12.4. The Morgan fingerprint density at radius 2 is 1.69 bits per heavy atom. The van der Waals surface area contributed by atoms with Crippen molar-refractivity contribution in [2.24, 2.45) is 0 Å². The molecule has 0 amide bonds. The molecule has 0 bridgehead atoms. The second-order valence-electron chi connectivity index (χ2n) is 7.35. The zero-order chi connectivity index (χ0) is 22.8. The summed E-state index contributed by atoms with van der Waals surface area (Å²) in [5.74, 6) is -4.18. The minimum absolute atomic E-state index is 0.131. The van der Waals surface area contributed by atoms with Crippen molar-refractivity contribution in [2.45, 2.75) is 19.4 Å². The molecule has 162 valence electrons. The SMILES string of the molecule is O=C(O)c1ccc(/C=C2\CCc3c(OCc4cc(F)c(F)cc4F)cccc3C2=O)cc1. The van der Waals surface area contributed by atoms with Gasteiger partial charge < -0.3 is 9.84 Å². The second-order valence-corrected chi connectivity index (χ2v) is 7.35. The Balaban J connectivity index is 1.55. The van der Waals surface area contributed by atoms with E-state index in [-0.39, 0.29) is 23.5 Å². The number of ether oxygens (including phenoxy) is 1. The molecule has 0 fully saturated rings. The maximum Gasteiger partial charge on any atom is 0.335 e. The van der Waals surface area contributed by atoms with Crippen LogP contribution in [0.4, 0.5) is 13.2 Å². The van der Waals surface area contributed by atoms with E-state index in [0.29, 0.717) is 46.9 Å². The molecule has 1 N–H and O–H groups in total. The van der Waals surface area contributed by atoms with E-state index in [4.69, 9.17) is 9.84 Å². The molecule has 4 nitrogen and oxygen atoms in total. The molecule has 32 heavy (non-hydrogen) atoms. The number of fused-ring (bicyclic) bond motifs is 1.